The first-order valence-corrected chi connectivity index (χ1v) is 12.7. The van der Waals surface area contributed by atoms with E-state index in [1.165, 1.54) is 12.3 Å². The smallest absolute Gasteiger partial charge is 0.256 e. The molecule has 196 valence electrons. The van der Waals surface area contributed by atoms with E-state index in [1.54, 1.807) is 35.5 Å². The zero-order valence-corrected chi connectivity index (χ0v) is 22.2. The van der Waals surface area contributed by atoms with Crippen LogP contribution in [0.15, 0.2) is 73.2 Å². The van der Waals surface area contributed by atoms with E-state index in [1.807, 2.05) is 51.1 Å². The van der Waals surface area contributed by atoms with Crippen molar-refractivity contribution in [3.63, 3.8) is 0 Å². The lowest BCUT2D eigenvalue weighted by Crippen LogP contribution is -2.36. The van der Waals surface area contributed by atoms with E-state index in [0.717, 1.165) is 22.3 Å². The molecule has 0 fully saturated rings. The quantitative estimate of drug-likeness (QED) is 0.258. The Balaban J connectivity index is 1.50. The summed E-state index contributed by atoms with van der Waals surface area (Å²) in [6.07, 6.45) is 5.15. The van der Waals surface area contributed by atoms with Gasteiger partial charge in [-0.25, -0.2) is 9.97 Å². The molecule has 0 aliphatic heterocycles. The van der Waals surface area contributed by atoms with Gasteiger partial charge in [0.2, 0.25) is 0 Å². The van der Waals surface area contributed by atoms with Crippen molar-refractivity contribution in [1.82, 2.24) is 19.9 Å². The topological polar surface area (TPSA) is 82.5 Å². The molecule has 4 rings (SSSR count). The van der Waals surface area contributed by atoms with Crippen LogP contribution in [-0.2, 0) is 13.0 Å². The third kappa shape index (κ3) is 6.44. The van der Waals surface area contributed by atoms with Crippen molar-refractivity contribution in [2.45, 2.75) is 39.8 Å². The van der Waals surface area contributed by atoms with Gasteiger partial charge in [-0.15, -0.1) is 0 Å². The van der Waals surface area contributed by atoms with Gasteiger partial charge in [0.15, 0.2) is 0 Å². The molecule has 1 amide bonds. The van der Waals surface area contributed by atoms with Crippen LogP contribution in [0.3, 0.4) is 0 Å². The van der Waals surface area contributed by atoms with Crippen molar-refractivity contribution in [1.29, 1.82) is 0 Å². The fourth-order valence-electron chi connectivity index (χ4n) is 4.02. The summed E-state index contributed by atoms with van der Waals surface area (Å²) in [4.78, 5) is 27.7. The highest BCUT2D eigenvalue weighted by atomic mass is 35.5. The van der Waals surface area contributed by atoms with E-state index >= 15 is 0 Å². The third-order valence-corrected chi connectivity index (χ3v) is 6.50. The van der Waals surface area contributed by atoms with Gasteiger partial charge in [-0.2, -0.15) is 5.12 Å². The molecule has 0 aliphatic carbocycles. The number of hydrogen-bond donors (Lipinski definition) is 1. The highest BCUT2D eigenvalue weighted by Gasteiger charge is 2.21. The summed E-state index contributed by atoms with van der Waals surface area (Å²) in [5.74, 6) is -0.147. The summed E-state index contributed by atoms with van der Waals surface area (Å²) in [5.41, 5.74) is 4.52. The molecular weight excluding hydrogens is 505 g/mol. The Morgan fingerprint density at radius 3 is 2.63 bits per heavy atom. The Bertz CT molecular complexity index is 1430. The number of halogens is 2. The number of aryl methyl sites for hydroxylation is 1. The highest BCUT2D eigenvalue weighted by Crippen LogP contribution is 2.25. The maximum absolute atomic E-state index is 14.9. The predicted octanol–water partition coefficient (Wildman–Crippen LogP) is 6.19. The molecule has 0 saturated carbocycles. The molecule has 2 aromatic carbocycles. The maximum atomic E-state index is 14.9. The largest absolute Gasteiger partial charge is 0.506 e. The second kappa shape index (κ2) is 12.0. The molecule has 0 bridgehead atoms. The fourth-order valence-corrected chi connectivity index (χ4v) is 4.22. The molecule has 0 atom stereocenters. The standard InChI is InChI=1S/C29H29ClFN5O2/c1-19(2)35(28(38)24-17-32-12-9-20(24)3)18-22-5-4-6-23(15-22)26-10-13-33-29(34-26)36(31)14-11-21-7-8-27(37)25(30)16-21/h4-10,12-13,15-17,19,37H,11,14,18H2,1-3H3. The Morgan fingerprint density at radius 2 is 1.89 bits per heavy atom. The van der Waals surface area contributed by atoms with Gasteiger partial charge in [0.25, 0.3) is 11.9 Å². The molecule has 7 nitrogen and oxygen atoms in total. The molecule has 0 saturated heterocycles. The monoisotopic (exact) mass is 533 g/mol. The molecule has 9 heteroatoms. The van der Waals surface area contributed by atoms with Gasteiger partial charge in [-0.3, -0.25) is 9.78 Å². The minimum atomic E-state index is -0.0803. The van der Waals surface area contributed by atoms with Gasteiger partial charge >= 0.3 is 0 Å². The third-order valence-electron chi connectivity index (χ3n) is 6.20. The number of pyridine rings is 1. The summed E-state index contributed by atoms with van der Waals surface area (Å²) in [6, 6.07) is 16.0. The van der Waals surface area contributed by atoms with E-state index in [9.17, 15) is 14.4 Å². The molecular formula is C29H29ClFN5O2. The molecule has 4 aromatic rings. The second-order valence-corrected chi connectivity index (χ2v) is 9.69. The number of phenolic OH excluding ortho intramolecular Hbond substituents is 1. The van der Waals surface area contributed by atoms with Crippen LogP contribution in [0.4, 0.5) is 10.4 Å². The van der Waals surface area contributed by atoms with E-state index in [4.69, 9.17) is 11.6 Å². The molecule has 0 radical (unpaired) electrons. The van der Waals surface area contributed by atoms with Crippen molar-refractivity contribution in [3.8, 4) is 17.0 Å². The van der Waals surface area contributed by atoms with Crippen molar-refractivity contribution in [2.75, 3.05) is 11.7 Å². The van der Waals surface area contributed by atoms with Crippen molar-refractivity contribution < 1.29 is 14.4 Å². The lowest BCUT2D eigenvalue weighted by Gasteiger charge is -2.27. The predicted molar refractivity (Wildman–Crippen MR) is 147 cm³/mol. The number of amides is 1. The fraction of sp³-hybridized carbons (Fsp3) is 0.241. The van der Waals surface area contributed by atoms with Crippen molar-refractivity contribution in [2.24, 2.45) is 0 Å². The second-order valence-electron chi connectivity index (χ2n) is 9.28. The van der Waals surface area contributed by atoms with Crippen LogP contribution in [-0.4, -0.2) is 43.5 Å². The minimum Gasteiger partial charge on any atom is -0.506 e. The number of carbonyl (C=O) groups excluding carboxylic acids is 1. The SMILES string of the molecule is Cc1ccncc1C(=O)N(Cc1cccc(-c2ccnc(N(F)CCc3ccc(O)c(Cl)c3)n2)c1)C(C)C. The molecule has 0 aliphatic rings. The maximum Gasteiger partial charge on any atom is 0.256 e. The minimum absolute atomic E-state index is 0.0149. The van der Waals surface area contributed by atoms with Crippen LogP contribution in [0.5, 0.6) is 5.75 Å². The van der Waals surface area contributed by atoms with Crippen LogP contribution in [0.2, 0.25) is 5.02 Å². The number of hydrogen-bond acceptors (Lipinski definition) is 6. The number of aromatic nitrogens is 3. The number of carbonyl (C=O) groups is 1. The van der Waals surface area contributed by atoms with Gasteiger partial charge < -0.3 is 10.0 Å². The van der Waals surface area contributed by atoms with Crippen molar-refractivity contribution >= 4 is 23.5 Å². The zero-order valence-electron chi connectivity index (χ0n) is 21.5. The molecule has 2 heterocycles. The summed E-state index contributed by atoms with van der Waals surface area (Å²) in [7, 11) is 0. The Kier molecular flexibility index (Phi) is 8.53. The van der Waals surface area contributed by atoms with Gasteiger partial charge in [0, 0.05) is 36.7 Å². The molecule has 0 unspecified atom stereocenters. The normalized spacial score (nSPS) is 11.0. The summed E-state index contributed by atoms with van der Waals surface area (Å²) < 4.78 is 14.9. The summed E-state index contributed by atoms with van der Waals surface area (Å²) in [5, 5.41) is 10.3. The highest BCUT2D eigenvalue weighted by molar-refractivity contribution is 6.32. The van der Waals surface area contributed by atoms with Gasteiger partial charge in [-0.05, 0) is 74.2 Å². The van der Waals surface area contributed by atoms with Crippen LogP contribution in [0.1, 0.15) is 40.9 Å². The molecule has 38 heavy (non-hydrogen) atoms. The first kappa shape index (κ1) is 27.0. The van der Waals surface area contributed by atoms with Crippen LogP contribution in [0, 0.1) is 6.92 Å². The van der Waals surface area contributed by atoms with E-state index in [-0.39, 0.29) is 35.2 Å². The van der Waals surface area contributed by atoms with Crippen LogP contribution in [0.25, 0.3) is 11.3 Å². The Hall–Kier alpha value is -4.04. The number of anilines is 1. The Labute approximate surface area is 226 Å². The van der Waals surface area contributed by atoms with E-state index in [2.05, 4.69) is 15.0 Å². The first-order chi connectivity index (χ1) is 18.2. The number of aromatic hydroxyl groups is 1. The lowest BCUT2D eigenvalue weighted by molar-refractivity contribution is 0.0689. The van der Waals surface area contributed by atoms with Crippen LogP contribution < -0.4 is 5.12 Å². The lowest BCUT2D eigenvalue weighted by atomic mass is 10.1. The average molecular weight is 534 g/mol. The average Bonchev–Trinajstić information content (AvgIpc) is 2.92. The summed E-state index contributed by atoms with van der Waals surface area (Å²) >= 11 is 5.94. The van der Waals surface area contributed by atoms with Gasteiger partial charge in [0.05, 0.1) is 22.8 Å². The number of benzene rings is 2. The number of phenols is 1. The van der Waals surface area contributed by atoms with E-state index < -0.39 is 0 Å². The first-order valence-electron chi connectivity index (χ1n) is 12.3. The van der Waals surface area contributed by atoms with E-state index in [0.29, 0.717) is 29.3 Å². The molecule has 2 aromatic heterocycles. The summed E-state index contributed by atoms with van der Waals surface area (Å²) in [6.45, 7) is 6.28. The number of nitrogens with zero attached hydrogens (tertiary/aromatic N) is 5. The Morgan fingerprint density at radius 1 is 1.08 bits per heavy atom. The van der Waals surface area contributed by atoms with Crippen molar-refractivity contribution in [3.05, 3.63) is 100 Å². The van der Waals surface area contributed by atoms with Gasteiger partial charge in [0.1, 0.15) is 5.75 Å². The molecule has 1 N–H and O–H groups in total. The van der Waals surface area contributed by atoms with Crippen LogP contribution >= 0.6 is 11.6 Å². The number of rotatable bonds is 9. The zero-order chi connectivity index (χ0) is 27.2. The van der Waals surface area contributed by atoms with Gasteiger partial charge in [-0.1, -0.05) is 40.3 Å². The molecule has 0 spiro atoms.